The second-order valence-corrected chi connectivity index (χ2v) is 8.72. The van der Waals surface area contributed by atoms with Crippen molar-refractivity contribution in [1.82, 2.24) is 5.32 Å². The first-order chi connectivity index (χ1) is 15.4. The number of urea groups is 1. The van der Waals surface area contributed by atoms with Gasteiger partial charge in [-0.15, -0.1) is 0 Å². The molecular weight excluding hydrogens is 422 g/mol. The molecule has 1 aliphatic rings. The van der Waals surface area contributed by atoms with Crippen LogP contribution in [0.15, 0.2) is 72.8 Å². The lowest BCUT2D eigenvalue weighted by Crippen LogP contribution is -2.41. The maximum atomic E-state index is 12.5. The van der Waals surface area contributed by atoms with E-state index in [0.29, 0.717) is 23.8 Å². The normalized spacial score (nSPS) is 17.4. The number of halogens is 1. The van der Waals surface area contributed by atoms with Crippen LogP contribution in [0.3, 0.4) is 0 Å². The fourth-order valence-corrected chi connectivity index (χ4v) is 4.40. The number of hydrogen-bond donors (Lipinski definition) is 2. The molecule has 3 aromatic rings. The van der Waals surface area contributed by atoms with Gasteiger partial charge in [0.25, 0.3) is 0 Å². The molecule has 1 atom stereocenters. The highest BCUT2D eigenvalue weighted by Gasteiger charge is 2.37. The number of anilines is 2. The van der Waals surface area contributed by atoms with Gasteiger partial charge in [0.1, 0.15) is 0 Å². The summed E-state index contributed by atoms with van der Waals surface area (Å²) in [6.45, 7) is 4.84. The Kier molecular flexibility index (Phi) is 6.19. The zero-order valence-corrected chi connectivity index (χ0v) is 18.9. The summed E-state index contributed by atoms with van der Waals surface area (Å²) in [4.78, 5) is 26.6. The SMILES string of the molecule is CC(=O)N1CCC(C)(c2ccccc2)c2cc(NC(=O)NCc3ccc(Cl)cc3)ccc21. The van der Waals surface area contributed by atoms with E-state index in [-0.39, 0.29) is 17.4 Å². The van der Waals surface area contributed by atoms with Crippen molar-refractivity contribution in [3.8, 4) is 0 Å². The molecule has 0 aliphatic carbocycles. The summed E-state index contributed by atoms with van der Waals surface area (Å²) in [7, 11) is 0. The van der Waals surface area contributed by atoms with E-state index in [9.17, 15) is 9.59 Å². The first kappa shape index (κ1) is 21.9. The highest BCUT2D eigenvalue weighted by Crippen LogP contribution is 2.45. The topological polar surface area (TPSA) is 61.4 Å². The highest BCUT2D eigenvalue weighted by molar-refractivity contribution is 6.30. The van der Waals surface area contributed by atoms with E-state index in [4.69, 9.17) is 11.6 Å². The smallest absolute Gasteiger partial charge is 0.319 e. The Morgan fingerprint density at radius 2 is 1.75 bits per heavy atom. The van der Waals surface area contributed by atoms with Gasteiger partial charge < -0.3 is 15.5 Å². The molecule has 0 spiro atoms. The standard InChI is InChI=1S/C26H26ClN3O2/c1-18(31)30-15-14-26(2,20-6-4-3-5-7-20)23-16-22(12-13-24(23)30)29-25(32)28-17-19-8-10-21(27)11-9-19/h3-13,16H,14-15,17H2,1-2H3,(H2,28,29,32). The van der Waals surface area contributed by atoms with Gasteiger partial charge in [-0.3, -0.25) is 4.79 Å². The number of nitrogens with one attached hydrogen (secondary N) is 2. The average Bonchev–Trinajstić information content (AvgIpc) is 2.79. The Morgan fingerprint density at radius 1 is 1.03 bits per heavy atom. The molecule has 3 aromatic carbocycles. The quantitative estimate of drug-likeness (QED) is 0.537. The Hall–Kier alpha value is -3.31. The zero-order chi connectivity index (χ0) is 22.7. The molecule has 0 fully saturated rings. The number of carbonyl (C=O) groups is 2. The van der Waals surface area contributed by atoms with Crippen molar-refractivity contribution >= 4 is 34.9 Å². The van der Waals surface area contributed by atoms with E-state index in [2.05, 4.69) is 29.7 Å². The van der Waals surface area contributed by atoms with Gasteiger partial charge in [-0.2, -0.15) is 0 Å². The minimum absolute atomic E-state index is 0.0165. The van der Waals surface area contributed by atoms with E-state index >= 15 is 0 Å². The maximum absolute atomic E-state index is 12.5. The minimum Gasteiger partial charge on any atom is -0.334 e. The van der Waals surface area contributed by atoms with E-state index < -0.39 is 0 Å². The molecule has 3 amide bonds. The molecule has 4 rings (SSSR count). The molecule has 2 N–H and O–H groups in total. The van der Waals surface area contributed by atoms with Gasteiger partial charge in [0.2, 0.25) is 5.91 Å². The number of nitrogens with zero attached hydrogens (tertiary/aromatic N) is 1. The lowest BCUT2D eigenvalue weighted by Gasteiger charge is -2.41. The fraction of sp³-hybridized carbons (Fsp3) is 0.231. The molecule has 5 nitrogen and oxygen atoms in total. The van der Waals surface area contributed by atoms with Crippen molar-refractivity contribution in [3.63, 3.8) is 0 Å². The number of fused-ring (bicyclic) bond motifs is 1. The van der Waals surface area contributed by atoms with Crippen LogP contribution >= 0.6 is 11.6 Å². The van der Waals surface area contributed by atoms with Crippen molar-refractivity contribution < 1.29 is 9.59 Å². The first-order valence-electron chi connectivity index (χ1n) is 10.6. The van der Waals surface area contributed by atoms with E-state index in [1.807, 2.05) is 53.4 Å². The number of hydrogen-bond acceptors (Lipinski definition) is 2. The predicted octanol–water partition coefficient (Wildman–Crippen LogP) is 5.72. The molecule has 0 saturated heterocycles. The number of benzene rings is 3. The van der Waals surface area contributed by atoms with Crippen LogP contribution in [-0.4, -0.2) is 18.5 Å². The molecule has 0 radical (unpaired) electrons. The van der Waals surface area contributed by atoms with Gasteiger partial charge >= 0.3 is 6.03 Å². The summed E-state index contributed by atoms with van der Waals surface area (Å²) < 4.78 is 0. The molecule has 1 unspecified atom stereocenters. The summed E-state index contributed by atoms with van der Waals surface area (Å²) in [5.74, 6) is 0.0165. The molecular formula is C26H26ClN3O2. The number of carbonyl (C=O) groups excluding carboxylic acids is 2. The largest absolute Gasteiger partial charge is 0.334 e. The van der Waals surface area contributed by atoms with Crippen LogP contribution in [0.2, 0.25) is 5.02 Å². The van der Waals surface area contributed by atoms with Crippen molar-refractivity contribution in [1.29, 1.82) is 0 Å². The highest BCUT2D eigenvalue weighted by atomic mass is 35.5. The molecule has 0 aromatic heterocycles. The summed E-state index contributed by atoms with van der Waals surface area (Å²) in [6.07, 6.45) is 0.801. The zero-order valence-electron chi connectivity index (χ0n) is 18.2. The molecule has 32 heavy (non-hydrogen) atoms. The van der Waals surface area contributed by atoms with E-state index in [1.54, 1.807) is 19.1 Å². The van der Waals surface area contributed by atoms with Crippen LogP contribution in [0.25, 0.3) is 0 Å². The summed E-state index contributed by atoms with van der Waals surface area (Å²) in [5.41, 5.74) is 4.49. The molecule has 6 heteroatoms. The fourth-order valence-electron chi connectivity index (χ4n) is 4.27. The van der Waals surface area contributed by atoms with Gasteiger partial charge in [-0.1, -0.05) is 61.0 Å². The summed E-state index contributed by atoms with van der Waals surface area (Å²) in [5, 5.41) is 6.46. The Morgan fingerprint density at radius 3 is 2.44 bits per heavy atom. The van der Waals surface area contributed by atoms with Gasteiger partial charge in [-0.25, -0.2) is 4.79 Å². The average molecular weight is 448 g/mol. The van der Waals surface area contributed by atoms with Gasteiger partial charge in [-0.05, 0) is 53.4 Å². The minimum atomic E-state index is -0.291. The van der Waals surface area contributed by atoms with Gasteiger partial charge in [0, 0.05) is 41.8 Å². The number of amides is 3. The van der Waals surface area contributed by atoms with Crippen LogP contribution in [0.1, 0.15) is 37.0 Å². The maximum Gasteiger partial charge on any atom is 0.319 e. The van der Waals surface area contributed by atoms with Crippen molar-refractivity contribution in [2.45, 2.75) is 32.2 Å². The third-order valence-electron chi connectivity index (χ3n) is 6.13. The van der Waals surface area contributed by atoms with Crippen LogP contribution in [0.5, 0.6) is 0 Å². The van der Waals surface area contributed by atoms with Crippen molar-refractivity contribution in [3.05, 3.63) is 94.5 Å². The molecule has 164 valence electrons. The first-order valence-corrected chi connectivity index (χ1v) is 11.0. The Balaban J connectivity index is 1.58. The van der Waals surface area contributed by atoms with Crippen LogP contribution in [0, 0.1) is 0 Å². The summed E-state index contributed by atoms with van der Waals surface area (Å²) >= 11 is 5.91. The molecule has 1 heterocycles. The third kappa shape index (κ3) is 4.48. The molecule has 1 aliphatic heterocycles. The van der Waals surface area contributed by atoms with Crippen molar-refractivity contribution in [2.75, 3.05) is 16.8 Å². The predicted molar refractivity (Wildman–Crippen MR) is 129 cm³/mol. The van der Waals surface area contributed by atoms with Crippen LogP contribution in [-0.2, 0) is 16.8 Å². The lowest BCUT2D eigenvalue weighted by atomic mass is 9.71. The Labute approximate surface area is 193 Å². The Bertz CT molecular complexity index is 1130. The summed E-state index contributed by atoms with van der Waals surface area (Å²) in [6, 6.07) is 23.1. The van der Waals surface area contributed by atoms with Crippen molar-refractivity contribution in [2.24, 2.45) is 0 Å². The van der Waals surface area contributed by atoms with Gasteiger partial charge in [0.05, 0.1) is 0 Å². The molecule has 0 bridgehead atoms. The third-order valence-corrected chi connectivity index (χ3v) is 6.38. The lowest BCUT2D eigenvalue weighted by molar-refractivity contribution is -0.116. The second kappa shape index (κ2) is 9.05. The number of rotatable bonds is 4. The van der Waals surface area contributed by atoms with Gasteiger partial charge in [0.15, 0.2) is 0 Å². The van der Waals surface area contributed by atoms with E-state index in [1.165, 1.54) is 5.56 Å². The molecule has 0 saturated carbocycles. The van der Waals surface area contributed by atoms with Crippen LogP contribution in [0.4, 0.5) is 16.2 Å². The van der Waals surface area contributed by atoms with E-state index in [0.717, 1.165) is 23.2 Å². The second-order valence-electron chi connectivity index (χ2n) is 8.28. The monoisotopic (exact) mass is 447 g/mol. The van der Waals surface area contributed by atoms with Crippen LogP contribution < -0.4 is 15.5 Å².